The highest BCUT2D eigenvalue weighted by Crippen LogP contribution is 2.16. The number of rotatable bonds is 4. The van der Waals surface area contributed by atoms with Gasteiger partial charge >= 0.3 is 0 Å². The summed E-state index contributed by atoms with van der Waals surface area (Å²) in [5, 5.41) is 5.43. The van der Waals surface area contributed by atoms with Crippen LogP contribution in [-0.4, -0.2) is 26.8 Å². The number of fused-ring (bicyclic) bond motifs is 1. The summed E-state index contributed by atoms with van der Waals surface area (Å²) in [4.78, 5) is 34.3. The highest BCUT2D eigenvalue weighted by molar-refractivity contribution is 7.09. The van der Waals surface area contributed by atoms with Gasteiger partial charge in [-0.25, -0.2) is 9.97 Å². The van der Waals surface area contributed by atoms with Gasteiger partial charge in [-0.2, -0.15) is 0 Å². The van der Waals surface area contributed by atoms with E-state index in [0.29, 0.717) is 23.1 Å². The number of thiazole rings is 1. The number of aromatic amines is 1. The number of para-hydroxylation sites is 1. The standard InChI is InChI=1S/C13H11N5O2S/c14-11(19)12-17-8-3-1-2-7(10(8)18-12)13(20)16-6-9-15-4-5-21-9/h1-5H,6H2,(H2,14,19)(H,16,20)(H,17,18). The third-order valence-electron chi connectivity index (χ3n) is 2.87. The fraction of sp³-hybridized carbons (Fsp3) is 0.0769. The van der Waals surface area contributed by atoms with Crippen molar-refractivity contribution in [1.29, 1.82) is 0 Å². The van der Waals surface area contributed by atoms with Gasteiger partial charge in [0.05, 0.1) is 17.6 Å². The molecule has 0 bridgehead atoms. The van der Waals surface area contributed by atoms with Crippen LogP contribution in [-0.2, 0) is 6.54 Å². The Balaban J connectivity index is 1.88. The minimum absolute atomic E-state index is 0.0326. The summed E-state index contributed by atoms with van der Waals surface area (Å²) in [6, 6.07) is 5.08. The Morgan fingerprint density at radius 2 is 2.24 bits per heavy atom. The van der Waals surface area contributed by atoms with Crippen LogP contribution in [0, 0.1) is 0 Å². The van der Waals surface area contributed by atoms with Crippen molar-refractivity contribution in [2.45, 2.75) is 6.54 Å². The maximum Gasteiger partial charge on any atom is 0.284 e. The molecule has 0 aliphatic rings. The van der Waals surface area contributed by atoms with Crippen molar-refractivity contribution in [2.24, 2.45) is 5.73 Å². The number of hydrogen-bond donors (Lipinski definition) is 3. The molecule has 2 amide bonds. The van der Waals surface area contributed by atoms with E-state index >= 15 is 0 Å². The number of primary amides is 1. The molecule has 2 aromatic heterocycles. The SMILES string of the molecule is NC(=O)c1nc2c(C(=O)NCc3nccs3)cccc2[nH]1. The van der Waals surface area contributed by atoms with E-state index in [4.69, 9.17) is 5.73 Å². The summed E-state index contributed by atoms with van der Waals surface area (Å²) in [7, 11) is 0. The quantitative estimate of drug-likeness (QED) is 0.668. The van der Waals surface area contributed by atoms with Gasteiger partial charge in [0.1, 0.15) is 10.5 Å². The lowest BCUT2D eigenvalue weighted by Crippen LogP contribution is -2.23. The maximum atomic E-state index is 12.2. The van der Waals surface area contributed by atoms with Crippen LogP contribution in [0.2, 0.25) is 0 Å². The number of benzene rings is 1. The van der Waals surface area contributed by atoms with Gasteiger partial charge in [-0.15, -0.1) is 11.3 Å². The molecule has 0 radical (unpaired) electrons. The Morgan fingerprint density at radius 3 is 2.95 bits per heavy atom. The number of H-pyrrole nitrogens is 1. The van der Waals surface area contributed by atoms with Gasteiger partial charge in [0.15, 0.2) is 5.82 Å². The Morgan fingerprint density at radius 1 is 1.38 bits per heavy atom. The minimum Gasteiger partial charge on any atom is -0.363 e. The molecule has 0 aliphatic heterocycles. The van der Waals surface area contributed by atoms with Crippen LogP contribution >= 0.6 is 11.3 Å². The maximum absolute atomic E-state index is 12.2. The smallest absolute Gasteiger partial charge is 0.284 e. The molecule has 4 N–H and O–H groups in total. The molecule has 0 atom stereocenters. The molecule has 2 heterocycles. The number of hydrogen-bond acceptors (Lipinski definition) is 5. The van der Waals surface area contributed by atoms with E-state index in [0.717, 1.165) is 5.01 Å². The van der Waals surface area contributed by atoms with Crippen molar-refractivity contribution < 1.29 is 9.59 Å². The molecule has 0 saturated heterocycles. The summed E-state index contributed by atoms with van der Waals surface area (Å²) in [6.45, 7) is 0.347. The predicted octanol–water partition coefficient (Wildman–Crippen LogP) is 1.05. The molecule has 0 aliphatic carbocycles. The molecule has 106 valence electrons. The van der Waals surface area contributed by atoms with Crippen LogP contribution in [0.4, 0.5) is 0 Å². The average Bonchev–Trinajstić information content (AvgIpc) is 3.12. The van der Waals surface area contributed by atoms with Gasteiger partial charge in [0.25, 0.3) is 11.8 Å². The van der Waals surface area contributed by atoms with Gasteiger partial charge in [0.2, 0.25) is 0 Å². The third kappa shape index (κ3) is 2.61. The highest BCUT2D eigenvalue weighted by atomic mass is 32.1. The first-order chi connectivity index (χ1) is 10.1. The first-order valence-corrected chi connectivity index (χ1v) is 6.98. The first kappa shape index (κ1) is 13.3. The zero-order valence-electron chi connectivity index (χ0n) is 10.8. The lowest BCUT2D eigenvalue weighted by Gasteiger charge is -2.03. The summed E-state index contributed by atoms with van der Waals surface area (Å²) >= 11 is 1.46. The normalized spacial score (nSPS) is 10.7. The molecule has 8 heteroatoms. The van der Waals surface area contributed by atoms with E-state index < -0.39 is 5.91 Å². The van der Waals surface area contributed by atoms with Crippen molar-refractivity contribution in [3.63, 3.8) is 0 Å². The number of nitrogens with zero attached hydrogens (tertiary/aromatic N) is 2. The van der Waals surface area contributed by atoms with E-state index in [1.807, 2.05) is 5.38 Å². The number of nitrogens with two attached hydrogens (primary N) is 1. The summed E-state index contributed by atoms with van der Waals surface area (Å²) in [6.07, 6.45) is 1.68. The van der Waals surface area contributed by atoms with E-state index in [-0.39, 0.29) is 11.7 Å². The van der Waals surface area contributed by atoms with Crippen molar-refractivity contribution in [1.82, 2.24) is 20.3 Å². The second-order valence-corrected chi connectivity index (χ2v) is 5.24. The van der Waals surface area contributed by atoms with Crippen LogP contribution in [0.1, 0.15) is 26.0 Å². The first-order valence-electron chi connectivity index (χ1n) is 6.10. The lowest BCUT2D eigenvalue weighted by molar-refractivity contribution is 0.0950. The molecule has 0 fully saturated rings. The number of amides is 2. The zero-order valence-corrected chi connectivity index (χ0v) is 11.6. The molecule has 0 unspecified atom stereocenters. The average molecular weight is 301 g/mol. The molecule has 0 spiro atoms. The van der Waals surface area contributed by atoms with E-state index in [1.54, 1.807) is 24.4 Å². The monoisotopic (exact) mass is 301 g/mol. The molecular formula is C13H11N5O2S. The van der Waals surface area contributed by atoms with Crippen LogP contribution in [0.15, 0.2) is 29.8 Å². The topological polar surface area (TPSA) is 114 Å². The number of imidazole rings is 1. The fourth-order valence-electron chi connectivity index (χ4n) is 1.92. The molecule has 21 heavy (non-hydrogen) atoms. The number of nitrogens with one attached hydrogen (secondary N) is 2. The van der Waals surface area contributed by atoms with Crippen molar-refractivity contribution in [3.8, 4) is 0 Å². The zero-order chi connectivity index (χ0) is 14.8. The largest absolute Gasteiger partial charge is 0.363 e. The minimum atomic E-state index is -0.666. The third-order valence-corrected chi connectivity index (χ3v) is 3.65. The summed E-state index contributed by atoms with van der Waals surface area (Å²) < 4.78 is 0. The van der Waals surface area contributed by atoms with Crippen LogP contribution in [0.5, 0.6) is 0 Å². The Hall–Kier alpha value is -2.74. The molecule has 7 nitrogen and oxygen atoms in total. The van der Waals surface area contributed by atoms with Crippen LogP contribution in [0.3, 0.4) is 0 Å². The fourth-order valence-corrected chi connectivity index (χ4v) is 2.48. The van der Waals surface area contributed by atoms with Crippen LogP contribution < -0.4 is 11.1 Å². The molecular weight excluding hydrogens is 290 g/mol. The van der Waals surface area contributed by atoms with Gasteiger partial charge in [-0.3, -0.25) is 9.59 Å². The van der Waals surface area contributed by atoms with Crippen LogP contribution in [0.25, 0.3) is 11.0 Å². The highest BCUT2D eigenvalue weighted by Gasteiger charge is 2.15. The summed E-state index contributed by atoms with van der Waals surface area (Å²) in [5.74, 6) is -0.913. The predicted molar refractivity (Wildman–Crippen MR) is 77.9 cm³/mol. The Bertz CT molecular complexity index is 809. The Kier molecular flexibility index (Phi) is 3.36. The molecule has 1 aromatic carbocycles. The number of aromatic nitrogens is 3. The lowest BCUT2D eigenvalue weighted by atomic mass is 10.1. The Labute approximate surface area is 123 Å². The van der Waals surface area contributed by atoms with E-state index in [1.165, 1.54) is 11.3 Å². The van der Waals surface area contributed by atoms with Gasteiger partial charge in [-0.05, 0) is 12.1 Å². The van der Waals surface area contributed by atoms with E-state index in [9.17, 15) is 9.59 Å². The molecule has 0 saturated carbocycles. The van der Waals surface area contributed by atoms with Gasteiger partial charge < -0.3 is 16.0 Å². The second kappa shape index (κ2) is 5.33. The van der Waals surface area contributed by atoms with E-state index in [2.05, 4.69) is 20.3 Å². The van der Waals surface area contributed by atoms with Crippen molar-refractivity contribution >= 4 is 34.2 Å². The molecule has 3 rings (SSSR count). The second-order valence-electron chi connectivity index (χ2n) is 4.26. The summed E-state index contributed by atoms with van der Waals surface area (Å²) in [5.41, 5.74) is 6.58. The van der Waals surface area contributed by atoms with Gasteiger partial charge in [-0.1, -0.05) is 6.07 Å². The number of carbonyl (C=O) groups is 2. The molecule has 3 aromatic rings. The number of carbonyl (C=O) groups excluding carboxylic acids is 2. The van der Waals surface area contributed by atoms with Gasteiger partial charge in [0, 0.05) is 11.6 Å². The van der Waals surface area contributed by atoms with Crippen molar-refractivity contribution in [3.05, 3.63) is 46.2 Å². The van der Waals surface area contributed by atoms with Crippen molar-refractivity contribution in [2.75, 3.05) is 0 Å².